The number of rotatable bonds is 14. The van der Waals surface area contributed by atoms with Crippen LogP contribution in [0.4, 0.5) is 27.2 Å². The molecule has 0 bridgehead atoms. The van der Waals surface area contributed by atoms with Crippen LogP contribution in [0.3, 0.4) is 0 Å². The summed E-state index contributed by atoms with van der Waals surface area (Å²) in [6.07, 6.45) is 0. The van der Waals surface area contributed by atoms with Crippen LogP contribution < -0.4 is 0 Å². The SMILES string of the molecule is O=C(OOC(=O)C(OOF)(OOF)OOF)C(OOF)(OOF)OOF. The van der Waals surface area contributed by atoms with Crippen molar-refractivity contribution in [3.63, 3.8) is 0 Å². The summed E-state index contributed by atoms with van der Waals surface area (Å²) >= 11 is 0. The molecule has 0 amide bonds. The van der Waals surface area contributed by atoms with Crippen LogP contribution in [-0.2, 0) is 79.2 Å². The lowest BCUT2D eigenvalue weighted by Gasteiger charge is -2.21. The molecule has 0 aromatic rings. The van der Waals surface area contributed by atoms with Crippen LogP contribution in [0, 0.1) is 0 Å². The molecule has 22 heteroatoms. The van der Waals surface area contributed by atoms with Crippen LogP contribution in [0.5, 0.6) is 0 Å². The molecule has 16 nitrogen and oxygen atoms in total. The lowest BCUT2D eigenvalue weighted by Crippen LogP contribution is -2.50. The van der Waals surface area contributed by atoms with Crippen LogP contribution in [-0.4, -0.2) is 23.9 Å². The topological polar surface area (TPSA) is 163 Å². The predicted molar refractivity (Wildman–Crippen MR) is 37.3 cm³/mol. The number of carbonyl (C=O) groups excluding carboxylic acids is 2. The highest BCUT2D eigenvalue weighted by Crippen LogP contribution is 2.23. The van der Waals surface area contributed by atoms with Gasteiger partial charge in [0.05, 0.1) is 0 Å². The Balaban J connectivity index is 5.23. The van der Waals surface area contributed by atoms with Gasteiger partial charge in [0.2, 0.25) is 0 Å². The van der Waals surface area contributed by atoms with E-state index in [4.69, 9.17) is 0 Å². The molecule has 0 aromatic heterocycles. The molecule has 0 aliphatic carbocycles. The Labute approximate surface area is 132 Å². The minimum Gasteiger partial charge on any atom is -0.237 e. The van der Waals surface area contributed by atoms with Crippen molar-refractivity contribution in [3.8, 4) is 0 Å². The van der Waals surface area contributed by atoms with Gasteiger partial charge in [0.15, 0.2) is 0 Å². The van der Waals surface area contributed by atoms with Crippen molar-refractivity contribution < 1.29 is 106 Å². The van der Waals surface area contributed by atoms with Gasteiger partial charge in [-0.15, -0.1) is 29.3 Å². The van der Waals surface area contributed by atoms with E-state index in [1.165, 1.54) is 0 Å². The summed E-state index contributed by atoms with van der Waals surface area (Å²) in [5.74, 6) is -13.9. The van der Waals surface area contributed by atoms with Gasteiger partial charge >= 0.3 is 23.9 Å². The standard InChI is InChI=1S/C4F6O16/c5-21-15-3(16-22-6,17-23-7)1(11)13-14-2(12)4(18-24-8,19-25-9)20-26-10. The number of hydrogen-bond donors (Lipinski definition) is 0. The van der Waals surface area contributed by atoms with E-state index >= 15 is 0 Å². The van der Waals surface area contributed by atoms with Crippen LogP contribution in [0.2, 0.25) is 0 Å². The van der Waals surface area contributed by atoms with E-state index in [-0.39, 0.29) is 0 Å². The molecule has 0 radical (unpaired) electrons. The smallest absolute Gasteiger partial charge is 0.237 e. The Morgan fingerprint density at radius 2 is 0.654 bits per heavy atom. The summed E-state index contributed by atoms with van der Waals surface area (Å²) in [5.41, 5.74) is 0. The monoisotopic (exact) mass is 418 g/mol. The fourth-order valence-electron chi connectivity index (χ4n) is 0.714. The fourth-order valence-corrected chi connectivity index (χ4v) is 0.714. The molecule has 0 N–H and O–H groups in total. The molecule has 0 spiro atoms. The van der Waals surface area contributed by atoms with E-state index < -0.39 is 23.9 Å². The largest absolute Gasteiger partial charge is 0.477 e. The second-order valence-corrected chi connectivity index (χ2v) is 2.73. The molecule has 0 fully saturated rings. The third-order valence-corrected chi connectivity index (χ3v) is 1.54. The number of carbonyl (C=O) groups is 2. The highest BCUT2D eigenvalue weighted by molar-refractivity contribution is 5.79. The van der Waals surface area contributed by atoms with E-state index in [2.05, 4.69) is 69.7 Å². The molecule has 0 saturated heterocycles. The molecule has 0 aromatic carbocycles. The van der Waals surface area contributed by atoms with Gasteiger partial charge in [-0.1, -0.05) is 0 Å². The number of halogens is 6. The average Bonchev–Trinajstić information content (AvgIpc) is 2.60. The number of hydrogen-bond acceptors (Lipinski definition) is 16. The molecule has 0 aliphatic heterocycles. The van der Waals surface area contributed by atoms with Gasteiger partial charge in [0, 0.05) is 0 Å². The molecule has 0 saturated carbocycles. The van der Waals surface area contributed by atoms with Crippen molar-refractivity contribution in [2.24, 2.45) is 0 Å². The van der Waals surface area contributed by atoms with E-state index in [9.17, 15) is 36.7 Å². The third-order valence-electron chi connectivity index (χ3n) is 1.54. The van der Waals surface area contributed by atoms with Crippen molar-refractivity contribution in [2.45, 2.75) is 11.9 Å². The van der Waals surface area contributed by atoms with Gasteiger partial charge in [-0.3, -0.25) is 0 Å². The van der Waals surface area contributed by atoms with Crippen LogP contribution in [0.25, 0.3) is 0 Å². The molecule has 0 heterocycles. The zero-order chi connectivity index (χ0) is 20.1. The fraction of sp³-hybridized carbons (Fsp3) is 0.500. The summed E-state index contributed by atoms with van der Waals surface area (Å²) in [6, 6.07) is 0. The van der Waals surface area contributed by atoms with Gasteiger partial charge < -0.3 is 0 Å². The van der Waals surface area contributed by atoms with E-state index in [0.29, 0.717) is 0 Å². The van der Waals surface area contributed by atoms with Crippen molar-refractivity contribution in [1.29, 1.82) is 0 Å². The van der Waals surface area contributed by atoms with Gasteiger partial charge in [0.25, 0.3) is 0 Å². The lowest BCUT2D eigenvalue weighted by atomic mass is 10.6. The zero-order valence-electron chi connectivity index (χ0n) is 10.8. The lowest BCUT2D eigenvalue weighted by molar-refractivity contribution is -0.688. The maximum absolute atomic E-state index is 11.6. The molecule has 26 heavy (non-hydrogen) atoms. The van der Waals surface area contributed by atoms with Gasteiger partial charge in [-0.05, 0) is 57.7 Å². The van der Waals surface area contributed by atoms with Gasteiger partial charge in [-0.25, -0.2) is 19.4 Å². The first-order valence-corrected chi connectivity index (χ1v) is 4.63. The average molecular weight is 418 g/mol. The summed E-state index contributed by atoms with van der Waals surface area (Å²) < 4.78 is 69.6. The molecule has 0 aliphatic rings. The summed E-state index contributed by atoms with van der Waals surface area (Å²) in [5, 5.41) is 13.5. The van der Waals surface area contributed by atoms with E-state index in [1.54, 1.807) is 0 Å². The van der Waals surface area contributed by atoms with Crippen molar-refractivity contribution in [2.75, 3.05) is 0 Å². The Morgan fingerprint density at radius 3 is 0.808 bits per heavy atom. The highest BCUT2D eigenvalue weighted by Gasteiger charge is 2.57. The first-order valence-electron chi connectivity index (χ1n) is 4.63. The second kappa shape index (κ2) is 12.4. The molecule has 0 atom stereocenters. The normalized spacial score (nSPS) is 12.1. The third kappa shape index (κ3) is 6.40. The predicted octanol–water partition coefficient (Wildman–Crippen LogP) is 0.292. The molecule has 0 unspecified atom stereocenters. The van der Waals surface area contributed by atoms with Gasteiger partial charge in [-0.2, -0.15) is 0 Å². The Bertz CT molecular complexity index is 350. The highest BCUT2D eigenvalue weighted by atomic mass is 19.3. The van der Waals surface area contributed by atoms with E-state index in [1.807, 2.05) is 0 Å². The quantitative estimate of drug-likeness (QED) is 0.163. The van der Waals surface area contributed by atoms with Gasteiger partial charge in [0.1, 0.15) is 0 Å². The van der Waals surface area contributed by atoms with Crippen molar-refractivity contribution in [3.05, 3.63) is 0 Å². The van der Waals surface area contributed by atoms with Crippen LogP contribution >= 0.6 is 0 Å². The molecular formula is C4F6O16. The van der Waals surface area contributed by atoms with Crippen LogP contribution in [0.1, 0.15) is 0 Å². The molecular weight excluding hydrogens is 418 g/mol. The Hall–Kier alpha value is -1.96. The van der Waals surface area contributed by atoms with Crippen LogP contribution in [0.15, 0.2) is 0 Å². The summed E-state index contributed by atoms with van der Waals surface area (Å²) in [7, 11) is 0. The maximum Gasteiger partial charge on any atom is 0.477 e. The summed E-state index contributed by atoms with van der Waals surface area (Å²) in [6.45, 7) is 0. The Kier molecular flexibility index (Phi) is 11.5. The minimum atomic E-state index is -4.26. The second-order valence-electron chi connectivity index (χ2n) is 2.73. The summed E-state index contributed by atoms with van der Waals surface area (Å²) in [4.78, 5) is 47.6. The van der Waals surface area contributed by atoms with E-state index in [0.717, 1.165) is 0 Å². The van der Waals surface area contributed by atoms with Crippen molar-refractivity contribution >= 4 is 11.9 Å². The first-order chi connectivity index (χ1) is 12.4. The zero-order valence-corrected chi connectivity index (χ0v) is 10.8. The first kappa shape index (κ1) is 24.0. The molecule has 154 valence electrons. The van der Waals surface area contributed by atoms with Crippen molar-refractivity contribution in [1.82, 2.24) is 0 Å². The maximum atomic E-state index is 11.6. The minimum absolute atomic E-state index is 2.26. The Morgan fingerprint density at radius 1 is 0.462 bits per heavy atom. The molecule has 0 rings (SSSR count).